The number of aryl methyl sites for hydroxylation is 2. The Balaban J connectivity index is 2.17. The maximum Gasteiger partial charge on any atom is 0.325 e. The van der Waals surface area contributed by atoms with Gasteiger partial charge >= 0.3 is 11.9 Å². The fraction of sp³-hybridized carbons (Fsp3) is 0.412. The molecule has 0 aliphatic carbocycles. The molecule has 8 nitrogen and oxygen atoms in total. The predicted molar refractivity (Wildman–Crippen MR) is 84.5 cm³/mol. The Bertz CT molecular complexity index is 804. The van der Waals surface area contributed by atoms with Crippen LogP contribution in [0.15, 0.2) is 18.2 Å². The molecule has 2 fully saturated rings. The number of hydrogen-bond acceptors (Lipinski definition) is 5. The van der Waals surface area contributed by atoms with Crippen LogP contribution in [-0.4, -0.2) is 39.5 Å². The van der Waals surface area contributed by atoms with E-state index in [-0.39, 0.29) is 0 Å². The first kappa shape index (κ1) is 17.1. The number of benzene rings is 1. The Kier molecular flexibility index (Phi) is 3.87. The van der Waals surface area contributed by atoms with Crippen LogP contribution in [0, 0.1) is 25.7 Å². The van der Waals surface area contributed by atoms with Crippen LogP contribution in [0.25, 0.3) is 0 Å². The number of aliphatic carboxylic acids is 2. The van der Waals surface area contributed by atoms with Gasteiger partial charge in [0.15, 0.2) is 0 Å². The Morgan fingerprint density at radius 1 is 1.16 bits per heavy atom. The number of amides is 2. The Morgan fingerprint density at radius 3 is 2.44 bits per heavy atom. The van der Waals surface area contributed by atoms with E-state index >= 15 is 0 Å². The third kappa shape index (κ3) is 2.49. The maximum atomic E-state index is 12.3. The van der Waals surface area contributed by atoms with Gasteiger partial charge in [0, 0.05) is 6.04 Å². The largest absolute Gasteiger partial charge is 0.481 e. The van der Waals surface area contributed by atoms with Crippen molar-refractivity contribution in [1.29, 1.82) is 0 Å². The van der Waals surface area contributed by atoms with Gasteiger partial charge in [-0.05, 0) is 25.0 Å². The second-order valence-corrected chi connectivity index (χ2v) is 6.69. The summed E-state index contributed by atoms with van der Waals surface area (Å²) < 4.78 is 0. The van der Waals surface area contributed by atoms with E-state index in [9.17, 15) is 29.4 Å². The average Bonchev–Trinajstić information content (AvgIpc) is 2.99. The summed E-state index contributed by atoms with van der Waals surface area (Å²) in [6.45, 7) is 3.68. The summed E-state index contributed by atoms with van der Waals surface area (Å²) in [4.78, 5) is 47.8. The molecule has 0 saturated carbocycles. The number of nitrogens with one attached hydrogen (secondary N) is 2. The lowest BCUT2D eigenvalue weighted by Gasteiger charge is -2.28. The standard InChI is InChI=1S/C17H18N2O6/c1-7-3-4-8(2)9(5-7)13-11-12(15(23)18-14(11)22)17(19-13,16(24)25)6-10(20)21/h3-5,11-13,19H,6H2,1-2H3,(H,20,21)(H,24,25)(H,18,22,23). The van der Waals surface area contributed by atoms with E-state index < -0.39 is 53.6 Å². The van der Waals surface area contributed by atoms with Crippen molar-refractivity contribution in [3.05, 3.63) is 34.9 Å². The Morgan fingerprint density at radius 2 is 1.84 bits per heavy atom. The quantitative estimate of drug-likeness (QED) is 0.570. The van der Waals surface area contributed by atoms with E-state index in [4.69, 9.17) is 0 Å². The first-order valence-corrected chi connectivity index (χ1v) is 7.82. The zero-order valence-electron chi connectivity index (χ0n) is 13.7. The number of fused-ring (bicyclic) bond motifs is 1. The van der Waals surface area contributed by atoms with Crippen molar-refractivity contribution in [2.24, 2.45) is 11.8 Å². The molecule has 0 spiro atoms. The second kappa shape index (κ2) is 5.66. The van der Waals surface area contributed by atoms with Gasteiger partial charge in [-0.25, -0.2) is 0 Å². The molecule has 4 atom stereocenters. The fourth-order valence-electron chi connectivity index (χ4n) is 3.96. The molecular weight excluding hydrogens is 328 g/mol. The summed E-state index contributed by atoms with van der Waals surface area (Å²) in [5.41, 5.74) is 0.391. The highest BCUT2D eigenvalue weighted by Crippen LogP contribution is 2.48. The van der Waals surface area contributed by atoms with Crippen molar-refractivity contribution < 1.29 is 29.4 Å². The van der Waals surface area contributed by atoms with Gasteiger partial charge in [-0.15, -0.1) is 0 Å². The van der Waals surface area contributed by atoms with Crippen molar-refractivity contribution in [2.75, 3.05) is 0 Å². The molecule has 0 aromatic heterocycles. The summed E-state index contributed by atoms with van der Waals surface area (Å²) in [6.07, 6.45) is -0.800. The van der Waals surface area contributed by atoms with E-state index in [2.05, 4.69) is 10.6 Å². The zero-order valence-corrected chi connectivity index (χ0v) is 13.7. The van der Waals surface area contributed by atoms with Gasteiger partial charge < -0.3 is 10.2 Å². The highest BCUT2D eigenvalue weighted by atomic mass is 16.4. The summed E-state index contributed by atoms with van der Waals surface area (Å²) in [6, 6.07) is 4.78. The van der Waals surface area contributed by atoms with Crippen molar-refractivity contribution >= 4 is 23.8 Å². The lowest BCUT2D eigenvalue weighted by molar-refractivity contribution is -0.154. The average molecular weight is 346 g/mol. The number of imide groups is 1. The molecule has 3 rings (SSSR count). The van der Waals surface area contributed by atoms with E-state index in [1.165, 1.54) is 0 Å². The summed E-state index contributed by atoms with van der Waals surface area (Å²) >= 11 is 0. The van der Waals surface area contributed by atoms with E-state index in [0.717, 1.165) is 11.1 Å². The van der Waals surface area contributed by atoms with Crippen LogP contribution in [0.3, 0.4) is 0 Å². The fourth-order valence-corrected chi connectivity index (χ4v) is 3.96. The zero-order chi connectivity index (χ0) is 18.5. The molecular formula is C17H18N2O6. The SMILES string of the molecule is Cc1ccc(C)c(C2NC(CC(=O)O)(C(=O)O)C3C(=O)NC(=O)C23)c1. The number of carboxylic acid groups (broad SMARTS) is 2. The van der Waals surface area contributed by atoms with E-state index in [1.807, 2.05) is 32.0 Å². The van der Waals surface area contributed by atoms with Crippen LogP contribution in [-0.2, 0) is 19.2 Å². The van der Waals surface area contributed by atoms with Gasteiger partial charge in [0.1, 0.15) is 5.54 Å². The van der Waals surface area contributed by atoms with Crippen LogP contribution in [0.4, 0.5) is 0 Å². The lowest BCUT2D eigenvalue weighted by Crippen LogP contribution is -2.56. The van der Waals surface area contributed by atoms with Gasteiger partial charge in [0.05, 0.1) is 18.3 Å². The molecule has 0 bridgehead atoms. The Labute approximate surface area is 143 Å². The molecule has 8 heteroatoms. The molecule has 25 heavy (non-hydrogen) atoms. The third-order valence-electron chi connectivity index (χ3n) is 5.08. The third-order valence-corrected chi connectivity index (χ3v) is 5.08. The van der Waals surface area contributed by atoms with Crippen LogP contribution in [0.5, 0.6) is 0 Å². The minimum Gasteiger partial charge on any atom is -0.481 e. The van der Waals surface area contributed by atoms with Crippen LogP contribution in [0.1, 0.15) is 29.2 Å². The minimum atomic E-state index is -2.03. The summed E-state index contributed by atoms with van der Waals surface area (Å²) in [5.74, 6) is -6.40. The number of carbonyl (C=O) groups excluding carboxylic acids is 2. The van der Waals surface area contributed by atoms with E-state index in [0.29, 0.717) is 5.56 Å². The van der Waals surface area contributed by atoms with Gasteiger partial charge in [0.2, 0.25) is 11.8 Å². The topological polar surface area (TPSA) is 133 Å². The van der Waals surface area contributed by atoms with Gasteiger partial charge in [0.25, 0.3) is 0 Å². The smallest absolute Gasteiger partial charge is 0.325 e. The van der Waals surface area contributed by atoms with Crippen molar-refractivity contribution in [3.8, 4) is 0 Å². The molecule has 2 aliphatic rings. The van der Waals surface area contributed by atoms with Crippen molar-refractivity contribution in [2.45, 2.75) is 31.8 Å². The van der Waals surface area contributed by atoms with Gasteiger partial charge in [-0.3, -0.25) is 29.8 Å². The summed E-state index contributed by atoms with van der Waals surface area (Å²) in [5, 5.41) is 23.9. The maximum absolute atomic E-state index is 12.3. The molecule has 2 aliphatic heterocycles. The molecule has 4 N–H and O–H groups in total. The highest BCUT2D eigenvalue weighted by molar-refractivity contribution is 6.10. The monoisotopic (exact) mass is 346 g/mol. The molecule has 1 aromatic carbocycles. The lowest BCUT2D eigenvalue weighted by atomic mass is 9.77. The van der Waals surface area contributed by atoms with Gasteiger partial charge in [-0.2, -0.15) is 0 Å². The van der Waals surface area contributed by atoms with Crippen molar-refractivity contribution in [1.82, 2.24) is 10.6 Å². The first-order chi connectivity index (χ1) is 11.7. The normalized spacial score (nSPS) is 30.9. The summed E-state index contributed by atoms with van der Waals surface area (Å²) in [7, 11) is 0. The molecule has 132 valence electrons. The molecule has 2 heterocycles. The molecule has 0 radical (unpaired) electrons. The molecule has 1 aromatic rings. The molecule has 2 saturated heterocycles. The van der Waals surface area contributed by atoms with E-state index in [1.54, 1.807) is 0 Å². The number of carbonyl (C=O) groups is 4. The minimum absolute atomic E-state index is 0.582. The number of rotatable bonds is 4. The Hall–Kier alpha value is -2.74. The van der Waals surface area contributed by atoms with Crippen LogP contribution >= 0.6 is 0 Å². The van der Waals surface area contributed by atoms with Crippen molar-refractivity contribution in [3.63, 3.8) is 0 Å². The first-order valence-electron chi connectivity index (χ1n) is 7.82. The van der Waals surface area contributed by atoms with Crippen LogP contribution < -0.4 is 10.6 Å². The molecule has 4 unspecified atom stereocenters. The second-order valence-electron chi connectivity index (χ2n) is 6.69. The highest BCUT2D eigenvalue weighted by Gasteiger charge is 2.67. The predicted octanol–water partition coefficient (Wildman–Crippen LogP) is 0.135. The number of hydrogen-bond donors (Lipinski definition) is 4. The van der Waals surface area contributed by atoms with Crippen LogP contribution in [0.2, 0.25) is 0 Å². The number of carboxylic acids is 2. The molecule has 2 amide bonds. The van der Waals surface area contributed by atoms with Gasteiger partial charge in [-0.1, -0.05) is 23.8 Å².